The lowest BCUT2D eigenvalue weighted by molar-refractivity contribution is 0.0691. The summed E-state index contributed by atoms with van der Waals surface area (Å²) in [7, 11) is 1.59. The summed E-state index contributed by atoms with van der Waals surface area (Å²) >= 11 is 0. The summed E-state index contributed by atoms with van der Waals surface area (Å²) in [5.74, 6) is 0.0619. The predicted octanol–water partition coefficient (Wildman–Crippen LogP) is 2.97. The lowest BCUT2D eigenvalue weighted by atomic mass is 10.2. The number of benzene rings is 2. The van der Waals surface area contributed by atoms with Gasteiger partial charge in [0, 0.05) is 5.56 Å². The van der Waals surface area contributed by atoms with Crippen LogP contribution in [-0.4, -0.2) is 18.2 Å². The molecular formula is C15H14O4. The molecule has 98 valence electrons. The topological polar surface area (TPSA) is 55.8 Å². The highest BCUT2D eigenvalue weighted by Gasteiger charge is 2.11. The van der Waals surface area contributed by atoms with Crippen LogP contribution in [0.4, 0.5) is 0 Å². The van der Waals surface area contributed by atoms with Crippen LogP contribution in [0.2, 0.25) is 0 Å². The van der Waals surface area contributed by atoms with Gasteiger partial charge in [0.25, 0.3) is 0 Å². The molecule has 0 aliphatic carbocycles. The number of hydrogen-bond donors (Lipinski definition) is 1. The Morgan fingerprint density at radius 2 is 1.68 bits per heavy atom. The van der Waals surface area contributed by atoms with Crippen LogP contribution in [-0.2, 0) is 6.61 Å². The molecule has 0 fully saturated rings. The van der Waals surface area contributed by atoms with Gasteiger partial charge in [-0.1, -0.05) is 30.3 Å². The van der Waals surface area contributed by atoms with Gasteiger partial charge in [0.15, 0.2) is 0 Å². The van der Waals surface area contributed by atoms with Crippen molar-refractivity contribution in [2.45, 2.75) is 6.61 Å². The second-order valence-corrected chi connectivity index (χ2v) is 3.90. The van der Waals surface area contributed by atoms with Crippen molar-refractivity contribution in [3.8, 4) is 11.5 Å². The number of hydrogen-bond acceptors (Lipinski definition) is 3. The summed E-state index contributed by atoms with van der Waals surface area (Å²) in [6.45, 7) is 0.258. The maximum atomic E-state index is 11.1. The Hall–Kier alpha value is -2.49. The first kappa shape index (κ1) is 13.0. The molecule has 2 rings (SSSR count). The minimum absolute atomic E-state index is 0.150. The average Bonchev–Trinajstić information content (AvgIpc) is 2.45. The number of rotatable bonds is 5. The van der Waals surface area contributed by atoms with E-state index in [1.807, 2.05) is 24.3 Å². The molecule has 19 heavy (non-hydrogen) atoms. The van der Waals surface area contributed by atoms with Crippen molar-refractivity contribution in [1.82, 2.24) is 0 Å². The predicted molar refractivity (Wildman–Crippen MR) is 70.7 cm³/mol. The molecule has 0 aliphatic rings. The van der Waals surface area contributed by atoms with E-state index in [2.05, 4.69) is 0 Å². The SMILES string of the molecule is COc1ccccc1COc1ccccc1C(=O)O. The minimum Gasteiger partial charge on any atom is -0.496 e. The van der Waals surface area contributed by atoms with Gasteiger partial charge in [-0.05, 0) is 18.2 Å². The van der Waals surface area contributed by atoms with Crippen LogP contribution in [0.3, 0.4) is 0 Å². The quantitative estimate of drug-likeness (QED) is 0.895. The van der Waals surface area contributed by atoms with Crippen molar-refractivity contribution in [3.05, 3.63) is 59.7 Å². The lowest BCUT2D eigenvalue weighted by Gasteiger charge is -2.11. The summed E-state index contributed by atoms with van der Waals surface area (Å²) in [6.07, 6.45) is 0. The third-order valence-corrected chi connectivity index (χ3v) is 2.69. The molecule has 0 heterocycles. The fraction of sp³-hybridized carbons (Fsp3) is 0.133. The zero-order chi connectivity index (χ0) is 13.7. The smallest absolute Gasteiger partial charge is 0.339 e. The average molecular weight is 258 g/mol. The normalized spacial score (nSPS) is 9.95. The van der Waals surface area contributed by atoms with E-state index in [-0.39, 0.29) is 12.2 Å². The molecule has 0 bridgehead atoms. The standard InChI is InChI=1S/C15H14O4/c1-18-13-8-4-2-6-11(13)10-19-14-9-5-3-7-12(14)15(16)17/h2-9H,10H2,1H3,(H,16,17). The highest BCUT2D eigenvalue weighted by molar-refractivity contribution is 5.90. The van der Waals surface area contributed by atoms with Gasteiger partial charge in [-0.3, -0.25) is 0 Å². The summed E-state index contributed by atoms with van der Waals surface area (Å²) in [6, 6.07) is 14.0. The van der Waals surface area contributed by atoms with Gasteiger partial charge in [0.1, 0.15) is 23.7 Å². The molecule has 0 atom stereocenters. The molecular weight excluding hydrogens is 244 g/mol. The van der Waals surface area contributed by atoms with Crippen molar-refractivity contribution in [3.63, 3.8) is 0 Å². The largest absolute Gasteiger partial charge is 0.496 e. The molecule has 0 spiro atoms. The molecule has 0 radical (unpaired) electrons. The fourth-order valence-corrected chi connectivity index (χ4v) is 1.75. The summed E-state index contributed by atoms with van der Waals surface area (Å²) in [4.78, 5) is 11.1. The van der Waals surface area contributed by atoms with Gasteiger partial charge < -0.3 is 14.6 Å². The molecule has 0 aliphatic heterocycles. The van der Waals surface area contributed by atoms with E-state index < -0.39 is 5.97 Å². The molecule has 0 unspecified atom stereocenters. The van der Waals surface area contributed by atoms with Crippen LogP contribution in [0, 0.1) is 0 Å². The Bertz CT molecular complexity index is 578. The van der Waals surface area contributed by atoms with E-state index in [4.69, 9.17) is 14.6 Å². The molecule has 1 N–H and O–H groups in total. The third-order valence-electron chi connectivity index (χ3n) is 2.69. The van der Waals surface area contributed by atoms with E-state index in [1.54, 1.807) is 25.3 Å². The van der Waals surface area contributed by atoms with E-state index >= 15 is 0 Å². The molecule has 0 amide bonds. The molecule has 4 nitrogen and oxygen atoms in total. The highest BCUT2D eigenvalue weighted by Crippen LogP contribution is 2.22. The van der Waals surface area contributed by atoms with Crippen molar-refractivity contribution in [1.29, 1.82) is 0 Å². The summed E-state index contributed by atoms with van der Waals surface area (Å²) < 4.78 is 10.8. The van der Waals surface area contributed by atoms with E-state index in [0.717, 1.165) is 11.3 Å². The first-order chi connectivity index (χ1) is 9.22. The van der Waals surface area contributed by atoms with E-state index in [9.17, 15) is 4.79 Å². The highest BCUT2D eigenvalue weighted by atomic mass is 16.5. The lowest BCUT2D eigenvalue weighted by Crippen LogP contribution is -2.04. The zero-order valence-corrected chi connectivity index (χ0v) is 10.5. The second kappa shape index (κ2) is 5.91. The van der Waals surface area contributed by atoms with Gasteiger partial charge in [-0.15, -0.1) is 0 Å². The Morgan fingerprint density at radius 1 is 1.05 bits per heavy atom. The first-order valence-corrected chi connectivity index (χ1v) is 5.79. The molecule has 4 heteroatoms. The summed E-state index contributed by atoms with van der Waals surface area (Å²) in [5.41, 5.74) is 1.02. The van der Waals surface area contributed by atoms with Gasteiger partial charge in [0.2, 0.25) is 0 Å². The van der Waals surface area contributed by atoms with Crippen molar-refractivity contribution in [2.75, 3.05) is 7.11 Å². The molecule has 2 aromatic carbocycles. The molecule has 2 aromatic rings. The minimum atomic E-state index is -1.00. The van der Waals surface area contributed by atoms with Gasteiger partial charge in [0.05, 0.1) is 7.11 Å². The maximum absolute atomic E-state index is 11.1. The number of carboxylic acids is 1. The van der Waals surface area contributed by atoms with Crippen LogP contribution in [0.1, 0.15) is 15.9 Å². The van der Waals surface area contributed by atoms with Crippen LogP contribution in [0.5, 0.6) is 11.5 Å². The Labute approximate surface area is 111 Å². The third kappa shape index (κ3) is 3.04. The van der Waals surface area contributed by atoms with Crippen LogP contribution in [0.25, 0.3) is 0 Å². The van der Waals surface area contributed by atoms with Gasteiger partial charge >= 0.3 is 5.97 Å². The van der Waals surface area contributed by atoms with Crippen molar-refractivity contribution < 1.29 is 19.4 Å². The van der Waals surface area contributed by atoms with E-state index in [0.29, 0.717) is 5.75 Å². The Balaban J connectivity index is 2.17. The van der Waals surface area contributed by atoms with Crippen LogP contribution >= 0.6 is 0 Å². The number of para-hydroxylation sites is 2. The van der Waals surface area contributed by atoms with Crippen LogP contribution < -0.4 is 9.47 Å². The van der Waals surface area contributed by atoms with E-state index in [1.165, 1.54) is 6.07 Å². The monoisotopic (exact) mass is 258 g/mol. The Kier molecular flexibility index (Phi) is 4.03. The molecule has 0 saturated carbocycles. The van der Waals surface area contributed by atoms with Gasteiger partial charge in [-0.25, -0.2) is 4.79 Å². The molecule has 0 saturated heterocycles. The zero-order valence-electron chi connectivity index (χ0n) is 10.5. The first-order valence-electron chi connectivity index (χ1n) is 5.79. The van der Waals surface area contributed by atoms with Crippen molar-refractivity contribution >= 4 is 5.97 Å². The second-order valence-electron chi connectivity index (χ2n) is 3.90. The number of carboxylic acid groups (broad SMARTS) is 1. The number of carbonyl (C=O) groups is 1. The Morgan fingerprint density at radius 3 is 2.37 bits per heavy atom. The summed E-state index contributed by atoms with van der Waals surface area (Å²) in [5, 5.41) is 9.06. The fourth-order valence-electron chi connectivity index (χ4n) is 1.75. The van der Waals surface area contributed by atoms with Crippen molar-refractivity contribution in [2.24, 2.45) is 0 Å². The van der Waals surface area contributed by atoms with Gasteiger partial charge in [-0.2, -0.15) is 0 Å². The maximum Gasteiger partial charge on any atom is 0.339 e. The number of methoxy groups -OCH3 is 1. The number of ether oxygens (including phenoxy) is 2. The number of aromatic carboxylic acids is 1. The molecule has 0 aromatic heterocycles. The van der Waals surface area contributed by atoms with Crippen LogP contribution in [0.15, 0.2) is 48.5 Å².